The zero-order chi connectivity index (χ0) is 19.9. The molecule has 28 heavy (non-hydrogen) atoms. The van der Waals surface area contributed by atoms with Crippen molar-refractivity contribution in [1.82, 2.24) is 9.88 Å². The number of likely N-dealkylation sites (N-methyl/N-ethyl adjacent to an activating group) is 1. The zero-order valence-electron chi connectivity index (χ0n) is 16.5. The summed E-state index contributed by atoms with van der Waals surface area (Å²) in [5.41, 5.74) is 3.95. The molecule has 0 fully saturated rings. The van der Waals surface area contributed by atoms with Crippen molar-refractivity contribution < 1.29 is 0 Å². The van der Waals surface area contributed by atoms with Crippen molar-refractivity contribution in [2.75, 3.05) is 31.5 Å². The van der Waals surface area contributed by atoms with Crippen molar-refractivity contribution in [3.05, 3.63) is 78.0 Å². The molecule has 0 aliphatic carbocycles. The maximum Gasteiger partial charge on any atom is 0.139 e. The van der Waals surface area contributed by atoms with E-state index in [1.807, 2.05) is 37.3 Å². The highest BCUT2D eigenvalue weighted by molar-refractivity contribution is 8.00. The predicted octanol–water partition coefficient (Wildman–Crippen LogP) is 5.00. The van der Waals surface area contributed by atoms with E-state index >= 15 is 0 Å². The maximum atomic E-state index is 8.94. The average Bonchev–Trinajstić information content (AvgIpc) is 2.71. The molecule has 5 heteroatoms. The maximum absolute atomic E-state index is 8.94. The topological polar surface area (TPSA) is 43.2 Å². The molecule has 0 atom stereocenters. The largest absolute Gasteiger partial charge is 0.308 e. The number of pyridine rings is 1. The number of aromatic nitrogens is 1. The quantitative estimate of drug-likeness (QED) is 0.533. The molecule has 0 saturated carbocycles. The number of aryl methyl sites for hydroxylation is 1. The Morgan fingerprint density at radius 2 is 1.54 bits per heavy atom. The predicted molar refractivity (Wildman–Crippen MR) is 117 cm³/mol. The van der Waals surface area contributed by atoms with E-state index in [1.54, 1.807) is 11.9 Å². The number of nitriles is 1. The zero-order valence-corrected chi connectivity index (χ0v) is 17.3. The molecule has 0 saturated heterocycles. The Hall–Kier alpha value is -2.81. The van der Waals surface area contributed by atoms with Crippen LogP contribution >= 0.6 is 11.9 Å². The molecule has 0 radical (unpaired) electrons. The molecular weight excluding hydrogens is 364 g/mol. The third kappa shape index (κ3) is 5.35. The van der Waals surface area contributed by atoms with Crippen LogP contribution in [0, 0.1) is 18.3 Å². The van der Waals surface area contributed by atoms with Gasteiger partial charge in [-0.3, -0.25) is 4.31 Å². The summed E-state index contributed by atoms with van der Waals surface area (Å²) in [6, 6.07) is 24.5. The first kappa shape index (κ1) is 19.9. The van der Waals surface area contributed by atoms with Crippen LogP contribution in [-0.2, 0) is 0 Å². The van der Waals surface area contributed by atoms with Crippen molar-refractivity contribution in [3.8, 4) is 17.2 Å². The molecule has 0 bridgehead atoms. The third-order valence-corrected chi connectivity index (χ3v) is 5.37. The summed E-state index contributed by atoms with van der Waals surface area (Å²) in [7, 11) is 4.16. The summed E-state index contributed by atoms with van der Waals surface area (Å²) < 4.78 is 2.24. The molecule has 1 heterocycles. The Morgan fingerprint density at radius 3 is 2.11 bits per heavy atom. The molecular formula is C23H24N4S. The van der Waals surface area contributed by atoms with Crippen LogP contribution in [0.25, 0.3) is 11.1 Å². The fourth-order valence-corrected chi connectivity index (χ4v) is 3.62. The number of rotatable bonds is 7. The van der Waals surface area contributed by atoms with Crippen molar-refractivity contribution in [3.63, 3.8) is 0 Å². The summed E-state index contributed by atoms with van der Waals surface area (Å²) >= 11 is 1.70. The lowest BCUT2D eigenvalue weighted by atomic mass is 10.0. The molecule has 142 valence electrons. The Kier molecular flexibility index (Phi) is 6.70. The van der Waals surface area contributed by atoms with Crippen molar-refractivity contribution in [1.29, 1.82) is 5.26 Å². The normalized spacial score (nSPS) is 10.7. The lowest BCUT2D eigenvalue weighted by molar-refractivity contribution is 0.421. The van der Waals surface area contributed by atoms with Crippen molar-refractivity contribution >= 4 is 17.8 Å². The molecule has 2 aromatic carbocycles. The van der Waals surface area contributed by atoms with Gasteiger partial charge in [0, 0.05) is 23.7 Å². The minimum atomic E-state index is 0.679. The molecule has 0 N–H and O–H groups in total. The van der Waals surface area contributed by atoms with Crippen LogP contribution in [0.3, 0.4) is 0 Å². The molecule has 4 nitrogen and oxygen atoms in total. The number of nitrogens with zero attached hydrogens (tertiary/aromatic N) is 4. The molecule has 0 aliphatic rings. The van der Waals surface area contributed by atoms with Gasteiger partial charge >= 0.3 is 0 Å². The lowest BCUT2D eigenvalue weighted by Gasteiger charge is -2.24. The number of hydrogen-bond acceptors (Lipinski definition) is 5. The van der Waals surface area contributed by atoms with Crippen LogP contribution in [0.1, 0.15) is 11.3 Å². The molecule has 0 amide bonds. The molecule has 0 spiro atoms. The average molecular weight is 389 g/mol. The third-order valence-electron chi connectivity index (χ3n) is 4.30. The van der Waals surface area contributed by atoms with Gasteiger partial charge in [0.15, 0.2) is 0 Å². The van der Waals surface area contributed by atoms with Gasteiger partial charge in [0.25, 0.3) is 0 Å². The highest BCUT2D eigenvalue weighted by atomic mass is 32.2. The van der Waals surface area contributed by atoms with E-state index in [0.29, 0.717) is 5.56 Å². The number of benzene rings is 2. The van der Waals surface area contributed by atoms with Gasteiger partial charge in [0.2, 0.25) is 0 Å². The first-order chi connectivity index (χ1) is 13.5. The summed E-state index contributed by atoms with van der Waals surface area (Å²) in [4.78, 5) is 8.03. The van der Waals surface area contributed by atoms with Gasteiger partial charge in [-0.25, -0.2) is 4.98 Å². The van der Waals surface area contributed by atoms with E-state index < -0.39 is 0 Å². The Morgan fingerprint density at radius 1 is 0.893 bits per heavy atom. The number of anilines is 1. The monoisotopic (exact) mass is 388 g/mol. The van der Waals surface area contributed by atoms with Gasteiger partial charge < -0.3 is 4.90 Å². The van der Waals surface area contributed by atoms with Gasteiger partial charge in [-0.2, -0.15) is 5.26 Å². The van der Waals surface area contributed by atoms with Crippen LogP contribution in [0.15, 0.2) is 71.6 Å². The van der Waals surface area contributed by atoms with Crippen LogP contribution in [0.5, 0.6) is 0 Å². The van der Waals surface area contributed by atoms with E-state index in [9.17, 15) is 0 Å². The summed E-state index contributed by atoms with van der Waals surface area (Å²) in [5.74, 6) is 0.975. The highest BCUT2D eigenvalue weighted by Crippen LogP contribution is 2.29. The van der Waals surface area contributed by atoms with Crippen LogP contribution in [-0.4, -0.2) is 37.1 Å². The standard InChI is InChI=1S/C23H24N4S/c1-18-5-4-6-23(25-18)27(16-15-26(2)3)28-22-13-11-21(12-14-22)20-9-7-19(17-24)8-10-20/h4-14H,15-16H2,1-3H3. The smallest absolute Gasteiger partial charge is 0.139 e. The fourth-order valence-electron chi connectivity index (χ4n) is 2.74. The van der Waals surface area contributed by atoms with Gasteiger partial charge in [-0.15, -0.1) is 0 Å². The summed E-state index contributed by atoms with van der Waals surface area (Å²) in [5, 5.41) is 8.94. The highest BCUT2D eigenvalue weighted by Gasteiger charge is 2.11. The second-order valence-electron chi connectivity index (χ2n) is 6.85. The van der Waals surface area contributed by atoms with Crippen molar-refractivity contribution in [2.45, 2.75) is 11.8 Å². The summed E-state index contributed by atoms with van der Waals surface area (Å²) in [6.45, 7) is 3.85. The van der Waals surface area contributed by atoms with E-state index in [4.69, 9.17) is 5.26 Å². The minimum absolute atomic E-state index is 0.679. The molecule has 1 aromatic heterocycles. The Labute approximate surface area is 171 Å². The van der Waals surface area contributed by atoms with Gasteiger partial charge in [0.1, 0.15) is 5.82 Å². The Bertz CT molecular complexity index is 944. The first-order valence-corrected chi connectivity index (χ1v) is 9.97. The molecule has 0 unspecified atom stereocenters. The molecule has 3 aromatic rings. The SMILES string of the molecule is Cc1cccc(N(CCN(C)C)Sc2ccc(-c3ccc(C#N)cc3)cc2)n1. The van der Waals surface area contributed by atoms with Crippen LogP contribution < -0.4 is 4.31 Å². The molecule has 3 rings (SSSR count). The van der Waals surface area contributed by atoms with Gasteiger partial charge in [0.05, 0.1) is 11.6 Å². The van der Waals surface area contributed by atoms with Crippen LogP contribution in [0.4, 0.5) is 5.82 Å². The van der Waals surface area contributed by atoms with Gasteiger partial charge in [-0.1, -0.05) is 30.3 Å². The van der Waals surface area contributed by atoms with Gasteiger partial charge in [-0.05, 0) is 80.5 Å². The van der Waals surface area contributed by atoms with E-state index in [-0.39, 0.29) is 0 Å². The fraction of sp³-hybridized carbons (Fsp3) is 0.217. The Balaban J connectivity index is 1.77. The lowest BCUT2D eigenvalue weighted by Crippen LogP contribution is -2.27. The molecule has 0 aliphatic heterocycles. The minimum Gasteiger partial charge on any atom is -0.308 e. The van der Waals surface area contributed by atoms with E-state index in [2.05, 4.69) is 70.8 Å². The van der Waals surface area contributed by atoms with Crippen molar-refractivity contribution in [2.24, 2.45) is 0 Å². The van der Waals surface area contributed by atoms with E-state index in [1.165, 1.54) is 4.90 Å². The first-order valence-electron chi connectivity index (χ1n) is 9.19. The second kappa shape index (κ2) is 9.41. The number of hydrogen-bond donors (Lipinski definition) is 0. The second-order valence-corrected chi connectivity index (χ2v) is 7.94. The summed E-state index contributed by atoms with van der Waals surface area (Å²) in [6.07, 6.45) is 0. The van der Waals surface area contributed by atoms with Crippen LogP contribution in [0.2, 0.25) is 0 Å². The van der Waals surface area contributed by atoms with E-state index in [0.717, 1.165) is 35.7 Å².